The Morgan fingerprint density at radius 2 is 1.08 bits per heavy atom. The first kappa shape index (κ1) is 27.6. The number of aromatic nitrogens is 4. The normalized spacial score (nSPS) is 12.1. The van der Waals surface area contributed by atoms with Crippen molar-refractivity contribution in [2.75, 3.05) is 0 Å². The lowest BCUT2D eigenvalue weighted by Crippen LogP contribution is -2.16. The number of nitrogens with zero attached hydrogens (tertiary/aromatic N) is 4. The number of benzene rings is 2. The molecular weight excluding hydrogens is 464 g/mol. The minimum atomic E-state index is 0.154. The van der Waals surface area contributed by atoms with E-state index < -0.39 is 0 Å². The van der Waals surface area contributed by atoms with E-state index in [1.807, 2.05) is 6.92 Å². The second-order valence-electron chi connectivity index (χ2n) is 11.8. The van der Waals surface area contributed by atoms with Crippen LogP contribution in [0.5, 0.6) is 0 Å². The SMILES string of the molecule is CCCCC(C)(C)c1ccc(-c2cc(-c3ccc(C(C)(C)CCC)cc3)nc(-c3cnc(C)nc3)n2)cc1. The first-order valence-electron chi connectivity index (χ1n) is 14.0. The molecule has 198 valence electrons. The van der Waals surface area contributed by atoms with Gasteiger partial charge in [0, 0.05) is 23.5 Å². The maximum atomic E-state index is 4.96. The maximum absolute atomic E-state index is 4.96. The highest BCUT2D eigenvalue weighted by Gasteiger charge is 2.21. The third kappa shape index (κ3) is 6.35. The topological polar surface area (TPSA) is 51.6 Å². The number of unbranched alkanes of at least 4 members (excludes halogenated alkanes) is 1. The van der Waals surface area contributed by atoms with Crippen molar-refractivity contribution >= 4 is 0 Å². The van der Waals surface area contributed by atoms with E-state index in [2.05, 4.69) is 106 Å². The molecule has 0 spiro atoms. The summed E-state index contributed by atoms with van der Waals surface area (Å²) in [5.74, 6) is 1.37. The van der Waals surface area contributed by atoms with Crippen LogP contribution in [-0.4, -0.2) is 19.9 Å². The largest absolute Gasteiger partial charge is 0.241 e. The smallest absolute Gasteiger partial charge is 0.163 e. The molecule has 38 heavy (non-hydrogen) atoms. The Kier molecular flexibility index (Phi) is 8.40. The Balaban J connectivity index is 1.75. The van der Waals surface area contributed by atoms with Crippen molar-refractivity contribution in [3.63, 3.8) is 0 Å². The monoisotopic (exact) mass is 506 g/mol. The van der Waals surface area contributed by atoms with Gasteiger partial charge in [-0.1, -0.05) is 109 Å². The van der Waals surface area contributed by atoms with E-state index in [0.717, 1.165) is 40.3 Å². The molecule has 2 aromatic heterocycles. The number of aryl methyl sites for hydroxylation is 1. The van der Waals surface area contributed by atoms with E-state index in [0.29, 0.717) is 5.82 Å². The molecule has 0 aliphatic heterocycles. The second kappa shape index (κ2) is 11.6. The van der Waals surface area contributed by atoms with Crippen molar-refractivity contribution in [1.29, 1.82) is 0 Å². The number of hydrogen-bond acceptors (Lipinski definition) is 4. The van der Waals surface area contributed by atoms with Crippen LogP contribution < -0.4 is 0 Å². The van der Waals surface area contributed by atoms with Gasteiger partial charge in [-0.25, -0.2) is 19.9 Å². The zero-order valence-electron chi connectivity index (χ0n) is 24.2. The van der Waals surface area contributed by atoms with Gasteiger partial charge >= 0.3 is 0 Å². The van der Waals surface area contributed by atoms with Crippen molar-refractivity contribution in [3.8, 4) is 33.9 Å². The summed E-state index contributed by atoms with van der Waals surface area (Å²) in [5, 5.41) is 0. The summed E-state index contributed by atoms with van der Waals surface area (Å²) >= 11 is 0. The van der Waals surface area contributed by atoms with E-state index in [4.69, 9.17) is 9.97 Å². The maximum Gasteiger partial charge on any atom is 0.163 e. The van der Waals surface area contributed by atoms with Crippen molar-refractivity contribution in [3.05, 3.63) is 83.9 Å². The molecule has 0 radical (unpaired) electrons. The third-order valence-electron chi connectivity index (χ3n) is 7.72. The second-order valence-corrected chi connectivity index (χ2v) is 11.8. The molecule has 0 atom stereocenters. The van der Waals surface area contributed by atoms with Crippen LogP contribution in [0.1, 0.15) is 90.6 Å². The fourth-order valence-corrected chi connectivity index (χ4v) is 5.10. The van der Waals surface area contributed by atoms with Crippen LogP contribution in [0.2, 0.25) is 0 Å². The average molecular weight is 507 g/mol. The molecule has 4 rings (SSSR count). The predicted molar refractivity (Wildman–Crippen MR) is 159 cm³/mol. The van der Waals surface area contributed by atoms with E-state index >= 15 is 0 Å². The number of hydrogen-bond donors (Lipinski definition) is 0. The summed E-state index contributed by atoms with van der Waals surface area (Å²) in [7, 11) is 0. The van der Waals surface area contributed by atoms with Crippen LogP contribution in [0.3, 0.4) is 0 Å². The summed E-state index contributed by atoms with van der Waals surface area (Å²) in [4.78, 5) is 18.7. The molecule has 0 unspecified atom stereocenters. The van der Waals surface area contributed by atoms with Crippen LogP contribution in [0.4, 0.5) is 0 Å². The fraction of sp³-hybridized carbons (Fsp3) is 0.412. The third-order valence-corrected chi connectivity index (χ3v) is 7.72. The summed E-state index contributed by atoms with van der Waals surface area (Å²) < 4.78 is 0. The van der Waals surface area contributed by atoms with Crippen molar-refractivity contribution in [2.45, 2.75) is 91.4 Å². The van der Waals surface area contributed by atoms with Crippen molar-refractivity contribution < 1.29 is 0 Å². The fourth-order valence-electron chi connectivity index (χ4n) is 5.10. The molecule has 2 aromatic carbocycles. The summed E-state index contributed by atoms with van der Waals surface area (Å²) in [5.41, 5.74) is 7.81. The quantitative estimate of drug-likeness (QED) is 0.215. The van der Waals surface area contributed by atoms with Gasteiger partial charge in [0.15, 0.2) is 5.82 Å². The molecule has 4 heteroatoms. The van der Waals surface area contributed by atoms with Crippen LogP contribution in [0.15, 0.2) is 67.0 Å². The first-order valence-corrected chi connectivity index (χ1v) is 14.0. The number of rotatable bonds is 10. The van der Waals surface area contributed by atoms with E-state index in [1.165, 1.54) is 36.8 Å². The molecule has 0 N–H and O–H groups in total. The molecule has 0 aliphatic carbocycles. The zero-order chi connectivity index (χ0) is 27.3. The van der Waals surface area contributed by atoms with Gasteiger partial charge in [0.1, 0.15) is 5.82 Å². The molecule has 4 nitrogen and oxygen atoms in total. The van der Waals surface area contributed by atoms with Gasteiger partial charge in [0.05, 0.1) is 17.0 Å². The zero-order valence-corrected chi connectivity index (χ0v) is 24.2. The Labute approximate surface area is 229 Å². The summed E-state index contributed by atoms with van der Waals surface area (Å²) in [6, 6.07) is 19.9. The standard InChI is InChI=1S/C34H42N4/c1-8-10-20-34(6,7)29-17-13-26(14-18-29)31-21-30(37-32(38-31)27-22-35-24(3)36-23-27)25-11-15-28(16-12-25)33(4,5)19-9-2/h11-18,21-23H,8-10,19-20H2,1-7H3. The van der Waals surface area contributed by atoms with Gasteiger partial charge < -0.3 is 0 Å². The minimum Gasteiger partial charge on any atom is -0.241 e. The Hall–Kier alpha value is -3.40. The lowest BCUT2D eigenvalue weighted by Gasteiger charge is -2.25. The minimum absolute atomic E-state index is 0.154. The van der Waals surface area contributed by atoms with E-state index in [1.54, 1.807) is 12.4 Å². The molecule has 0 saturated heterocycles. The van der Waals surface area contributed by atoms with Crippen molar-refractivity contribution in [1.82, 2.24) is 19.9 Å². The molecule has 0 bridgehead atoms. The van der Waals surface area contributed by atoms with Crippen LogP contribution in [0.25, 0.3) is 33.9 Å². The highest BCUT2D eigenvalue weighted by atomic mass is 14.9. The highest BCUT2D eigenvalue weighted by Crippen LogP contribution is 2.33. The summed E-state index contributed by atoms with van der Waals surface area (Å²) in [6.07, 6.45) is 9.58. The Morgan fingerprint density at radius 1 is 0.605 bits per heavy atom. The molecule has 0 fully saturated rings. The van der Waals surface area contributed by atoms with Crippen LogP contribution in [0, 0.1) is 6.92 Å². The van der Waals surface area contributed by atoms with Gasteiger partial charge in [-0.15, -0.1) is 0 Å². The lowest BCUT2D eigenvalue weighted by atomic mass is 9.80. The van der Waals surface area contributed by atoms with Gasteiger partial charge in [-0.05, 0) is 47.8 Å². The predicted octanol–water partition coefficient (Wildman–Crippen LogP) is 9.12. The highest BCUT2D eigenvalue weighted by molar-refractivity contribution is 5.71. The van der Waals surface area contributed by atoms with Crippen LogP contribution >= 0.6 is 0 Å². The molecule has 2 heterocycles. The van der Waals surface area contributed by atoms with Crippen LogP contribution in [-0.2, 0) is 10.8 Å². The van der Waals surface area contributed by atoms with Gasteiger partial charge in [-0.2, -0.15) is 0 Å². The van der Waals surface area contributed by atoms with Crippen molar-refractivity contribution in [2.24, 2.45) is 0 Å². The lowest BCUT2D eigenvalue weighted by molar-refractivity contribution is 0.458. The molecule has 4 aromatic rings. The summed E-state index contributed by atoms with van der Waals surface area (Å²) in [6.45, 7) is 15.7. The van der Waals surface area contributed by atoms with Gasteiger partial charge in [-0.3, -0.25) is 0 Å². The molecule has 0 saturated carbocycles. The van der Waals surface area contributed by atoms with E-state index in [-0.39, 0.29) is 10.8 Å². The van der Waals surface area contributed by atoms with Gasteiger partial charge in [0.2, 0.25) is 0 Å². The Morgan fingerprint density at radius 3 is 1.53 bits per heavy atom. The first-order chi connectivity index (χ1) is 18.1. The molecule has 0 aliphatic rings. The van der Waals surface area contributed by atoms with E-state index in [9.17, 15) is 0 Å². The van der Waals surface area contributed by atoms with Gasteiger partial charge in [0.25, 0.3) is 0 Å². The molecule has 0 amide bonds. The average Bonchev–Trinajstić information content (AvgIpc) is 2.92. The molecular formula is C34H42N4. The Bertz CT molecular complexity index is 1340.